The van der Waals surface area contributed by atoms with Gasteiger partial charge in [-0.2, -0.15) is 0 Å². The zero-order valence-corrected chi connectivity index (χ0v) is 9.66. The topological polar surface area (TPSA) is 49.3 Å². The third kappa shape index (κ3) is 2.88. The van der Waals surface area contributed by atoms with E-state index >= 15 is 0 Å². The van der Waals surface area contributed by atoms with Crippen LogP contribution in [0.3, 0.4) is 0 Å². The number of hydrogen-bond donors (Lipinski definition) is 2. The predicted octanol–water partition coefficient (Wildman–Crippen LogP) is 2.32. The molecule has 1 aromatic carbocycles. The van der Waals surface area contributed by atoms with E-state index in [1.165, 1.54) is 5.19 Å². The zero-order valence-electron chi connectivity index (χ0n) is 8.66. The second-order valence-electron chi connectivity index (χ2n) is 4.26. The van der Waals surface area contributed by atoms with Crippen molar-refractivity contribution in [2.75, 3.05) is 5.32 Å². The van der Waals surface area contributed by atoms with Crippen molar-refractivity contribution in [2.45, 2.75) is 19.6 Å². The van der Waals surface area contributed by atoms with E-state index < -0.39 is 14.2 Å². The van der Waals surface area contributed by atoms with Crippen molar-refractivity contribution in [3.63, 3.8) is 0 Å². The Morgan fingerprint density at radius 1 is 1.21 bits per heavy atom. The molecule has 0 heterocycles. The second-order valence-corrected chi connectivity index (χ2v) is 9.33. The maximum Gasteiger partial charge on any atom is 0.409 e. The highest BCUT2D eigenvalue weighted by Gasteiger charge is 2.15. The van der Waals surface area contributed by atoms with Gasteiger partial charge in [0.25, 0.3) is 0 Å². The summed E-state index contributed by atoms with van der Waals surface area (Å²) >= 11 is 0. The Labute approximate surface area is 84.8 Å². The van der Waals surface area contributed by atoms with Crippen molar-refractivity contribution in [3.8, 4) is 0 Å². The molecule has 2 N–H and O–H groups in total. The van der Waals surface area contributed by atoms with Crippen LogP contribution in [-0.2, 0) is 0 Å². The third-order valence-electron chi connectivity index (χ3n) is 2.00. The molecule has 0 fully saturated rings. The maximum absolute atomic E-state index is 10.3. The van der Waals surface area contributed by atoms with Gasteiger partial charge in [-0.1, -0.05) is 37.0 Å². The molecule has 76 valence electrons. The van der Waals surface area contributed by atoms with Gasteiger partial charge < -0.3 is 5.11 Å². The summed E-state index contributed by atoms with van der Waals surface area (Å²) in [6.07, 6.45) is -1.02. The van der Waals surface area contributed by atoms with Gasteiger partial charge in [-0.3, -0.25) is 5.32 Å². The van der Waals surface area contributed by atoms with Crippen LogP contribution in [0.2, 0.25) is 19.6 Å². The molecular weight excluding hydrogens is 194 g/mol. The van der Waals surface area contributed by atoms with Crippen LogP contribution in [0.15, 0.2) is 24.3 Å². The van der Waals surface area contributed by atoms with Gasteiger partial charge in [0.15, 0.2) is 0 Å². The van der Waals surface area contributed by atoms with Crippen molar-refractivity contribution in [2.24, 2.45) is 0 Å². The SMILES string of the molecule is C[Si](C)(C)c1ccc(NC(=O)O)cc1. The van der Waals surface area contributed by atoms with Crippen LogP contribution < -0.4 is 10.5 Å². The Kier molecular flexibility index (Phi) is 2.95. The lowest BCUT2D eigenvalue weighted by Crippen LogP contribution is -2.37. The molecule has 0 saturated carbocycles. The number of amides is 1. The Bertz CT molecular complexity index is 327. The summed E-state index contributed by atoms with van der Waals surface area (Å²) in [5.74, 6) is 0. The van der Waals surface area contributed by atoms with E-state index in [0.717, 1.165) is 0 Å². The van der Waals surface area contributed by atoms with Gasteiger partial charge in [-0.25, -0.2) is 4.79 Å². The van der Waals surface area contributed by atoms with Crippen LogP contribution in [-0.4, -0.2) is 19.3 Å². The molecule has 0 aliphatic heterocycles. The summed E-state index contributed by atoms with van der Waals surface area (Å²) in [7, 11) is -1.27. The molecule has 0 saturated heterocycles. The Morgan fingerprint density at radius 3 is 2.07 bits per heavy atom. The first-order valence-corrected chi connectivity index (χ1v) is 8.00. The number of nitrogens with one attached hydrogen (secondary N) is 1. The summed E-state index contributed by atoms with van der Waals surface area (Å²) in [5.41, 5.74) is 0.625. The number of anilines is 1. The van der Waals surface area contributed by atoms with Gasteiger partial charge in [0.1, 0.15) is 0 Å². The van der Waals surface area contributed by atoms with Gasteiger partial charge in [-0.15, -0.1) is 0 Å². The average molecular weight is 209 g/mol. The first kappa shape index (κ1) is 10.8. The maximum atomic E-state index is 10.3. The predicted molar refractivity (Wildman–Crippen MR) is 61.1 cm³/mol. The summed E-state index contributed by atoms with van der Waals surface area (Å²) in [5, 5.41) is 12.1. The van der Waals surface area contributed by atoms with E-state index in [1.807, 2.05) is 24.3 Å². The summed E-state index contributed by atoms with van der Waals surface area (Å²) in [6, 6.07) is 7.61. The number of benzene rings is 1. The smallest absolute Gasteiger partial charge is 0.409 e. The molecule has 0 aromatic heterocycles. The van der Waals surface area contributed by atoms with Crippen molar-refractivity contribution in [1.82, 2.24) is 0 Å². The fraction of sp³-hybridized carbons (Fsp3) is 0.300. The van der Waals surface area contributed by atoms with Crippen LogP contribution in [0.5, 0.6) is 0 Å². The van der Waals surface area contributed by atoms with E-state index in [2.05, 4.69) is 25.0 Å². The molecule has 0 aliphatic carbocycles. The molecule has 1 aromatic rings. The molecule has 1 amide bonds. The van der Waals surface area contributed by atoms with Crippen molar-refractivity contribution in [1.29, 1.82) is 0 Å². The molecule has 0 bridgehead atoms. The Morgan fingerprint density at radius 2 is 1.71 bits per heavy atom. The zero-order chi connectivity index (χ0) is 10.8. The minimum atomic E-state index is -1.27. The van der Waals surface area contributed by atoms with Gasteiger partial charge >= 0.3 is 6.09 Å². The van der Waals surface area contributed by atoms with Crippen LogP contribution in [0.25, 0.3) is 0 Å². The van der Waals surface area contributed by atoms with Gasteiger partial charge in [0.05, 0.1) is 8.07 Å². The molecule has 0 spiro atoms. The highest BCUT2D eigenvalue weighted by atomic mass is 28.3. The van der Waals surface area contributed by atoms with Crippen molar-refractivity contribution in [3.05, 3.63) is 24.3 Å². The lowest BCUT2D eigenvalue weighted by atomic mass is 10.3. The van der Waals surface area contributed by atoms with E-state index in [9.17, 15) is 4.79 Å². The number of carboxylic acid groups (broad SMARTS) is 1. The van der Waals surface area contributed by atoms with Crippen LogP contribution >= 0.6 is 0 Å². The molecule has 3 nitrogen and oxygen atoms in total. The van der Waals surface area contributed by atoms with Crippen LogP contribution in [0, 0.1) is 0 Å². The minimum absolute atomic E-state index is 0.625. The van der Waals surface area contributed by atoms with Crippen LogP contribution in [0.4, 0.5) is 10.5 Å². The number of carbonyl (C=O) groups is 1. The summed E-state index contributed by atoms with van der Waals surface area (Å²) in [4.78, 5) is 10.3. The first-order chi connectivity index (χ1) is 6.39. The fourth-order valence-corrected chi connectivity index (χ4v) is 2.34. The van der Waals surface area contributed by atoms with Gasteiger partial charge in [0.2, 0.25) is 0 Å². The lowest BCUT2D eigenvalue weighted by molar-refractivity contribution is 0.210. The molecule has 14 heavy (non-hydrogen) atoms. The summed E-state index contributed by atoms with van der Waals surface area (Å²) < 4.78 is 0. The fourth-order valence-electron chi connectivity index (χ4n) is 1.18. The van der Waals surface area contributed by atoms with E-state index in [1.54, 1.807) is 0 Å². The van der Waals surface area contributed by atoms with Crippen molar-refractivity contribution >= 4 is 25.0 Å². The van der Waals surface area contributed by atoms with E-state index in [-0.39, 0.29) is 0 Å². The Hall–Kier alpha value is -1.29. The molecule has 0 unspecified atom stereocenters. The number of hydrogen-bond acceptors (Lipinski definition) is 1. The highest BCUT2D eigenvalue weighted by molar-refractivity contribution is 6.88. The molecule has 0 radical (unpaired) electrons. The second kappa shape index (κ2) is 3.83. The third-order valence-corrected chi connectivity index (χ3v) is 4.07. The Balaban J connectivity index is 2.84. The molecule has 0 atom stereocenters. The van der Waals surface area contributed by atoms with Crippen molar-refractivity contribution < 1.29 is 9.90 Å². The normalized spacial score (nSPS) is 11.1. The first-order valence-electron chi connectivity index (χ1n) is 4.50. The lowest BCUT2D eigenvalue weighted by Gasteiger charge is -2.16. The van der Waals surface area contributed by atoms with E-state index in [4.69, 9.17) is 5.11 Å². The summed E-state index contributed by atoms with van der Waals surface area (Å²) in [6.45, 7) is 6.77. The van der Waals surface area contributed by atoms with Gasteiger partial charge in [0, 0.05) is 5.69 Å². The standard InChI is InChI=1S/C10H15NO2Si/c1-14(2,3)9-6-4-8(5-7-9)11-10(12)13/h4-7,11H,1-3H3,(H,12,13). The minimum Gasteiger partial charge on any atom is -0.465 e. The molecule has 0 aliphatic rings. The highest BCUT2D eigenvalue weighted by Crippen LogP contribution is 2.08. The molecule has 1 rings (SSSR count). The van der Waals surface area contributed by atoms with Gasteiger partial charge in [-0.05, 0) is 12.1 Å². The van der Waals surface area contributed by atoms with Crippen LogP contribution in [0.1, 0.15) is 0 Å². The largest absolute Gasteiger partial charge is 0.465 e. The molecular formula is C10H15NO2Si. The van der Waals surface area contributed by atoms with E-state index in [0.29, 0.717) is 5.69 Å². The quantitative estimate of drug-likeness (QED) is 0.734. The number of rotatable bonds is 2. The molecule has 4 heteroatoms. The average Bonchev–Trinajstić information content (AvgIpc) is 2.02. The monoisotopic (exact) mass is 209 g/mol.